The third-order valence-corrected chi connectivity index (χ3v) is 14.5. The molecule has 148 valence electrons. The first kappa shape index (κ1) is 21.8. The normalized spacial score (nSPS) is 21.3. The van der Waals surface area contributed by atoms with E-state index in [2.05, 4.69) is 93.4 Å². The summed E-state index contributed by atoms with van der Waals surface area (Å²) in [4.78, 5) is 2.16. The molecule has 0 bridgehead atoms. The maximum absolute atomic E-state index is 14.7. The standard InChI is InChI=1S/C21H37NO2P2/c1-19(2,3)25-17-15(22(10)11)13-12-14-16(17)24-18(25)26(23,20(4,5)6)21(7,8)9/h12-14,18H,1-11H3/t18-,25?/m0/s1. The number of hydrogen-bond donors (Lipinski definition) is 0. The second kappa shape index (κ2) is 6.52. The van der Waals surface area contributed by atoms with Gasteiger partial charge in [0.2, 0.25) is 0 Å². The van der Waals surface area contributed by atoms with Crippen molar-refractivity contribution < 1.29 is 9.30 Å². The Labute approximate surface area is 162 Å². The molecule has 1 aliphatic heterocycles. The van der Waals surface area contributed by atoms with Gasteiger partial charge in [-0.05, 0) is 25.2 Å². The molecule has 0 aliphatic carbocycles. The van der Waals surface area contributed by atoms with Crippen LogP contribution in [0.25, 0.3) is 0 Å². The molecule has 0 N–H and O–H groups in total. The van der Waals surface area contributed by atoms with E-state index in [1.807, 2.05) is 6.07 Å². The lowest BCUT2D eigenvalue weighted by atomic mass is 10.2. The maximum atomic E-state index is 14.7. The van der Waals surface area contributed by atoms with Crippen LogP contribution in [-0.4, -0.2) is 35.1 Å². The van der Waals surface area contributed by atoms with E-state index in [0.29, 0.717) is 0 Å². The molecule has 0 aromatic heterocycles. The maximum Gasteiger partial charge on any atom is 0.174 e. The van der Waals surface area contributed by atoms with E-state index in [9.17, 15) is 4.57 Å². The van der Waals surface area contributed by atoms with Crippen LogP contribution in [0.15, 0.2) is 18.2 Å². The van der Waals surface area contributed by atoms with Gasteiger partial charge in [-0.1, -0.05) is 68.4 Å². The smallest absolute Gasteiger partial charge is 0.174 e. The van der Waals surface area contributed by atoms with Gasteiger partial charge in [-0.15, -0.1) is 0 Å². The molecule has 0 radical (unpaired) electrons. The fourth-order valence-corrected chi connectivity index (χ4v) is 15.1. The average Bonchev–Trinajstić information content (AvgIpc) is 2.82. The first-order valence-corrected chi connectivity index (χ1v) is 12.6. The quantitative estimate of drug-likeness (QED) is 0.549. The fraction of sp³-hybridized carbons (Fsp3) is 0.714. The lowest BCUT2D eigenvalue weighted by Crippen LogP contribution is -2.38. The third-order valence-electron chi connectivity index (χ3n) is 5.18. The Morgan fingerprint density at radius 1 is 0.962 bits per heavy atom. The van der Waals surface area contributed by atoms with Gasteiger partial charge in [-0.2, -0.15) is 0 Å². The molecule has 0 spiro atoms. The molecule has 5 heteroatoms. The summed E-state index contributed by atoms with van der Waals surface area (Å²) in [6, 6.07) is 6.26. The molecule has 3 nitrogen and oxygen atoms in total. The summed E-state index contributed by atoms with van der Waals surface area (Å²) in [7, 11) is 0.657. The molecule has 1 heterocycles. The average molecular weight is 397 g/mol. The topological polar surface area (TPSA) is 29.5 Å². The molecule has 1 aliphatic rings. The SMILES string of the molecule is CN(C)c1cccc2c1P(C(C)(C)C)[C@@H](P(=O)(C(C)(C)C)C(C)(C)C)O2. The molecule has 26 heavy (non-hydrogen) atoms. The van der Waals surface area contributed by atoms with E-state index >= 15 is 0 Å². The van der Waals surface area contributed by atoms with E-state index in [1.54, 1.807) is 0 Å². The molecule has 2 rings (SSSR count). The molecule has 0 saturated carbocycles. The van der Waals surface area contributed by atoms with E-state index in [4.69, 9.17) is 4.74 Å². The molecule has 2 atom stereocenters. The number of benzene rings is 1. The van der Waals surface area contributed by atoms with E-state index in [1.165, 1.54) is 11.0 Å². The van der Waals surface area contributed by atoms with Gasteiger partial charge in [-0.25, -0.2) is 0 Å². The van der Waals surface area contributed by atoms with Crippen LogP contribution in [0.2, 0.25) is 0 Å². The van der Waals surface area contributed by atoms with Crippen molar-refractivity contribution in [3.63, 3.8) is 0 Å². The molecular weight excluding hydrogens is 360 g/mol. The Kier molecular flexibility index (Phi) is 5.46. The van der Waals surface area contributed by atoms with Crippen molar-refractivity contribution in [1.29, 1.82) is 0 Å². The summed E-state index contributed by atoms with van der Waals surface area (Å²) < 4.78 is 21.3. The van der Waals surface area contributed by atoms with E-state index in [0.717, 1.165) is 5.75 Å². The summed E-state index contributed by atoms with van der Waals surface area (Å²) in [6.45, 7) is 19.5. The molecule has 1 aromatic carbocycles. The molecule has 0 amide bonds. The van der Waals surface area contributed by atoms with Crippen molar-refractivity contribution in [2.45, 2.75) is 83.4 Å². The Balaban J connectivity index is 2.79. The molecule has 0 saturated heterocycles. The summed E-state index contributed by atoms with van der Waals surface area (Å²) in [5.74, 6) is 0.927. The highest BCUT2D eigenvalue weighted by Gasteiger charge is 2.60. The van der Waals surface area contributed by atoms with Crippen molar-refractivity contribution in [3.05, 3.63) is 18.2 Å². The van der Waals surface area contributed by atoms with Crippen LogP contribution < -0.4 is 14.9 Å². The van der Waals surface area contributed by atoms with Crippen molar-refractivity contribution in [2.75, 3.05) is 19.0 Å². The van der Waals surface area contributed by atoms with Crippen molar-refractivity contribution in [2.24, 2.45) is 0 Å². The predicted octanol–water partition coefficient (Wildman–Crippen LogP) is 6.29. The number of rotatable bonds is 2. The fourth-order valence-electron chi connectivity index (χ4n) is 4.06. The zero-order valence-electron chi connectivity index (χ0n) is 18.5. The van der Waals surface area contributed by atoms with Gasteiger partial charge < -0.3 is 14.2 Å². The predicted molar refractivity (Wildman–Crippen MR) is 119 cm³/mol. The number of nitrogens with zero attached hydrogens (tertiary/aromatic N) is 1. The summed E-state index contributed by atoms with van der Waals surface area (Å²) in [6.07, 6.45) is 0. The largest absolute Gasteiger partial charge is 0.477 e. The van der Waals surface area contributed by atoms with Gasteiger partial charge in [0.25, 0.3) is 0 Å². The van der Waals surface area contributed by atoms with Gasteiger partial charge in [0.1, 0.15) is 12.9 Å². The minimum absolute atomic E-state index is 0.00350. The van der Waals surface area contributed by atoms with Crippen LogP contribution in [0.3, 0.4) is 0 Å². The van der Waals surface area contributed by atoms with Crippen molar-refractivity contribution in [1.82, 2.24) is 0 Å². The van der Waals surface area contributed by atoms with Crippen molar-refractivity contribution in [3.8, 4) is 5.75 Å². The Bertz CT molecular complexity index is 703. The Morgan fingerprint density at radius 2 is 1.46 bits per heavy atom. The third kappa shape index (κ3) is 3.35. The highest BCUT2D eigenvalue weighted by atomic mass is 31.2. The zero-order chi connectivity index (χ0) is 20.3. The minimum Gasteiger partial charge on any atom is -0.477 e. The van der Waals surface area contributed by atoms with Crippen LogP contribution in [-0.2, 0) is 4.57 Å². The minimum atomic E-state index is -2.73. The second-order valence-corrected chi connectivity index (χ2v) is 18.4. The van der Waals surface area contributed by atoms with Crippen molar-refractivity contribution >= 4 is 26.1 Å². The van der Waals surface area contributed by atoms with Gasteiger partial charge in [0.05, 0.1) is 0 Å². The molecule has 0 fully saturated rings. The number of hydrogen-bond acceptors (Lipinski definition) is 3. The van der Waals surface area contributed by atoms with Crippen LogP contribution >= 0.6 is 15.1 Å². The highest BCUT2D eigenvalue weighted by molar-refractivity contribution is 7.84. The number of fused-ring (bicyclic) bond motifs is 1. The summed E-state index contributed by atoms with van der Waals surface area (Å²) in [5, 5.41) is 0.645. The van der Waals surface area contributed by atoms with Crippen LogP contribution in [0, 0.1) is 0 Å². The summed E-state index contributed by atoms with van der Waals surface area (Å²) in [5.41, 5.74) is 0.953. The Hall–Kier alpha value is -0.520. The lowest BCUT2D eigenvalue weighted by Gasteiger charge is -2.47. The van der Waals surface area contributed by atoms with Crippen LogP contribution in [0.5, 0.6) is 5.75 Å². The Morgan fingerprint density at radius 3 is 1.85 bits per heavy atom. The molecule has 1 aromatic rings. The van der Waals surface area contributed by atoms with Gasteiger partial charge >= 0.3 is 0 Å². The summed E-state index contributed by atoms with van der Waals surface area (Å²) >= 11 is 0. The van der Waals surface area contributed by atoms with Crippen LogP contribution in [0.1, 0.15) is 62.3 Å². The van der Waals surface area contributed by atoms with Gasteiger partial charge in [0.15, 0.2) is 5.59 Å². The second-order valence-electron chi connectivity index (χ2n) is 10.5. The van der Waals surface area contributed by atoms with E-state index < -0.39 is 15.1 Å². The first-order valence-electron chi connectivity index (χ1n) is 9.40. The number of ether oxygens (including phenoxy) is 1. The van der Waals surface area contributed by atoms with Crippen LogP contribution in [0.4, 0.5) is 5.69 Å². The zero-order valence-corrected chi connectivity index (χ0v) is 20.3. The number of anilines is 1. The highest BCUT2D eigenvalue weighted by Crippen LogP contribution is 2.80. The van der Waals surface area contributed by atoms with Gasteiger partial charge in [0, 0.05) is 35.4 Å². The lowest BCUT2D eigenvalue weighted by molar-refractivity contribution is 0.341. The molecule has 1 unspecified atom stereocenters. The first-order chi connectivity index (χ1) is 11.5. The van der Waals surface area contributed by atoms with Gasteiger partial charge in [-0.3, -0.25) is 0 Å². The monoisotopic (exact) mass is 397 g/mol. The van der Waals surface area contributed by atoms with E-state index in [-0.39, 0.29) is 21.1 Å². The molecular formula is C21H37NO2P2.